The first-order valence-corrected chi connectivity index (χ1v) is 8.50. The minimum atomic E-state index is -4.04. The number of nitrogens with zero attached hydrogens (tertiary/aromatic N) is 2. The van der Waals surface area contributed by atoms with Crippen molar-refractivity contribution in [1.29, 1.82) is 0 Å². The first kappa shape index (κ1) is 18.1. The molecule has 1 heterocycles. The summed E-state index contributed by atoms with van der Waals surface area (Å²) >= 11 is 0. The second-order valence-electron chi connectivity index (χ2n) is 5.29. The first-order valence-electron chi connectivity index (χ1n) is 7.11. The Labute approximate surface area is 140 Å². The molecule has 130 valence electrons. The highest BCUT2D eigenvalue weighted by atomic mass is 32.2. The van der Waals surface area contributed by atoms with Crippen LogP contribution in [0.5, 0.6) is 0 Å². The quantitative estimate of drug-likeness (QED) is 0.848. The van der Waals surface area contributed by atoms with Gasteiger partial charge < -0.3 is 10.1 Å². The minimum Gasteiger partial charge on any atom is -0.383 e. The number of nitrogens with one attached hydrogen (secondary N) is 1. The normalized spacial score (nSPS) is 17.8. The topological polar surface area (TPSA) is 88.1 Å². The fourth-order valence-corrected chi connectivity index (χ4v) is 3.02. The Hall–Kier alpha value is -2.26. The van der Waals surface area contributed by atoms with Gasteiger partial charge in [-0.1, -0.05) is 0 Å². The van der Waals surface area contributed by atoms with Gasteiger partial charge in [-0.2, -0.15) is 8.42 Å². The molecule has 0 aromatic heterocycles. The lowest BCUT2D eigenvalue weighted by molar-refractivity contribution is -0.119. The molecule has 9 heteroatoms. The fourth-order valence-electron chi connectivity index (χ4n) is 2.11. The van der Waals surface area contributed by atoms with Crippen molar-refractivity contribution in [2.24, 2.45) is 4.40 Å². The summed E-state index contributed by atoms with van der Waals surface area (Å²) < 4.78 is 46.8. The molecule has 0 spiro atoms. The Morgan fingerprint density at radius 2 is 2.00 bits per heavy atom. The van der Waals surface area contributed by atoms with Crippen molar-refractivity contribution in [2.45, 2.75) is 13.0 Å². The van der Waals surface area contributed by atoms with E-state index < -0.39 is 21.9 Å². The number of halogens is 1. The molecular weight excluding hydrogens is 337 g/mol. The van der Waals surface area contributed by atoms with Crippen LogP contribution in [0.1, 0.15) is 12.5 Å². The van der Waals surface area contributed by atoms with E-state index in [1.807, 2.05) is 0 Å². The lowest BCUT2D eigenvalue weighted by atomic mass is 10.1. The van der Waals surface area contributed by atoms with Gasteiger partial charge in [-0.15, -0.1) is 4.40 Å². The molecule has 1 aliphatic rings. The van der Waals surface area contributed by atoms with Crippen LogP contribution in [0.4, 0.5) is 4.39 Å². The molecule has 24 heavy (non-hydrogen) atoms. The number of allylic oxidation sites excluding steroid dienone is 1. The average Bonchev–Trinajstić information content (AvgIpc) is 2.50. The van der Waals surface area contributed by atoms with E-state index in [0.29, 0.717) is 5.56 Å². The number of amides is 1. The Balaban J connectivity index is 2.37. The van der Waals surface area contributed by atoms with Gasteiger partial charge in [-0.25, -0.2) is 8.70 Å². The standard InChI is InChI=1S/C15H18FN3O4S/c1-10(9-23-3)17-15(20)14-8-13(18-24(21,22)19(14)2)11-4-6-12(16)7-5-11/h4-8,10H,9H2,1-3H3,(H,17,20). The molecule has 1 aromatic carbocycles. The number of hydrogen-bond donors (Lipinski definition) is 1. The summed E-state index contributed by atoms with van der Waals surface area (Å²) in [4.78, 5) is 12.4. The van der Waals surface area contributed by atoms with Crippen molar-refractivity contribution in [3.8, 4) is 0 Å². The number of hydrogen-bond acceptors (Lipinski definition) is 4. The lowest BCUT2D eigenvalue weighted by Gasteiger charge is -2.24. The number of carbonyl (C=O) groups excluding carboxylic acids is 1. The van der Waals surface area contributed by atoms with E-state index in [1.54, 1.807) is 6.92 Å². The van der Waals surface area contributed by atoms with Crippen LogP contribution in [0.2, 0.25) is 0 Å². The van der Waals surface area contributed by atoms with E-state index in [1.165, 1.54) is 44.5 Å². The van der Waals surface area contributed by atoms with Gasteiger partial charge in [0.2, 0.25) is 0 Å². The third-order valence-electron chi connectivity index (χ3n) is 3.34. The van der Waals surface area contributed by atoms with Crippen molar-refractivity contribution in [3.05, 3.63) is 47.4 Å². The van der Waals surface area contributed by atoms with Gasteiger partial charge in [0.15, 0.2) is 0 Å². The molecule has 0 saturated heterocycles. The number of carbonyl (C=O) groups is 1. The van der Waals surface area contributed by atoms with Crippen LogP contribution in [-0.2, 0) is 19.7 Å². The zero-order valence-corrected chi connectivity index (χ0v) is 14.3. The van der Waals surface area contributed by atoms with E-state index in [9.17, 15) is 17.6 Å². The predicted octanol–water partition coefficient (Wildman–Crippen LogP) is 0.840. The summed E-state index contributed by atoms with van der Waals surface area (Å²) in [5, 5.41) is 2.65. The van der Waals surface area contributed by atoms with Crippen molar-refractivity contribution >= 4 is 21.8 Å². The van der Waals surface area contributed by atoms with Crippen molar-refractivity contribution in [3.63, 3.8) is 0 Å². The molecule has 7 nitrogen and oxygen atoms in total. The van der Waals surface area contributed by atoms with E-state index in [4.69, 9.17) is 4.74 Å². The van der Waals surface area contributed by atoms with Crippen LogP contribution in [0.25, 0.3) is 0 Å². The number of methoxy groups -OCH3 is 1. The van der Waals surface area contributed by atoms with Gasteiger partial charge >= 0.3 is 10.2 Å². The highest BCUT2D eigenvalue weighted by molar-refractivity contribution is 7.88. The van der Waals surface area contributed by atoms with Crippen LogP contribution in [0, 0.1) is 5.82 Å². The molecule has 0 radical (unpaired) electrons. The van der Waals surface area contributed by atoms with Crippen LogP contribution in [0.3, 0.4) is 0 Å². The number of benzene rings is 1. The molecule has 1 aliphatic heterocycles. The summed E-state index contributed by atoms with van der Waals surface area (Å²) in [6.07, 6.45) is 1.35. The second-order valence-corrected chi connectivity index (χ2v) is 6.91. The number of ether oxygens (including phenoxy) is 1. The highest BCUT2D eigenvalue weighted by Crippen LogP contribution is 2.20. The highest BCUT2D eigenvalue weighted by Gasteiger charge is 2.30. The van der Waals surface area contributed by atoms with Crippen LogP contribution in [-0.4, -0.2) is 51.1 Å². The van der Waals surface area contributed by atoms with Crippen LogP contribution < -0.4 is 5.32 Å². The summed E-state index contributed by atoms with van der Waals surface area (Å²) in [6.45, 7) is 2.02. The zero-order valence-electron chi connectivity index (χ0n) is 13.5. The number of rotatable bonds is 5. The van der Waals surface area contributed by atoms with Crippen LogP contribution in [0.15, 0.2) is 40.4 Å². The molecule has 0 bridgehead atoms. The summed E-state index contributed by atoms with van der Waals surface area (Å²) in [6, 6.07) is 4.88. The van der Waals surface area contributed by atoms with Crippen molar-refractivity contribution < 1.29 is 22.3 Å². The molecule has 1 aromatic rings. The Morgan fingerprint density at radius 3 is 2.58 bits per heavy atom. The summed E-state index contributed by atoms with van der Waals surface area (Å²) in [5.74, 6) is -1.02. The fraction of sp³-hybridized carbons (Fsp3) is 0.333. The monoisotopic (exact) mass is 355 g/mol. The maximum absolute atomic E-state index is 13.0. The summed E-state index contributed by atoms with van der Waals surface area (Å²) in [5.41, 5.74) is 0.383. The zero-order chi connectivity index (χ0) is 17.9. The van der Waals surface area contributed by atoms with Gasteiger partial charge in [0, 0.05) is 25.8 Å². The molecule has 2 rings (SSSR count). The first-order chi connectivity index (χ1) is 11.2. The molecule has 1 unspecified atom stereocenters. The van der Waals surface area contributed by atoms with Gasteiger partial charge in [0.1, 0.15) is 11.5 Å². The molecule has 0 saturated carbocycles. The Kier molecular flexibility index (Phi) is 5.35. The van der Waals surface area contributed by atoms with Crippen molar-refractivity contribution in [1.82, 2.24) is 9.62 Å². The second kappa shape index (κ2) is 7.10. The molecule has 0 fully saturated rings. The molecule has 1 amide bonds. The lowest BCUT2D eigenvalue weighted by Crippen LogP contribution is -2.42. The molecule has 0 aliphatic carbocycles. The molecular formula is C15H18FN3O4S. The third-order valence-corrected chi connectivity index (χ3v) is 4.66. The van der Waals surface area contributed by atoms with Crippen molar-refractivity contribution in [2.75, 3.05) is 20.8 Å². The van der Waals surface area contributed by atoms with E-state index in [2.05, 4.69) is 9.71 Å². The average molecular weight is 355 g/mol. The summed E-state index contributed by atoms with van der Waals surface area (Å²) in [7, 11) is -1.30. The Bertz CT molecular complexity index is 787. The molecule has 1 atom stereocenters. The van der Waals surface area contributed by atoms with E-state index in [-0.39, 0.29) is 24.1 Å². The third kappa shape index (κ3) is 3.98. The van der Waals surface area contributed by atoms with E-state index in [0.717, 1.165) is 4.31 Å². The van der Waals surface area contributed by atoms with Crippen LogP contribution >= 0.6 is 0 Å². The van der Waals surface area contributed by atoms with E-state index >= 15 is 0 Å². The largest absolute Gasteiger partial charge is 0.383 e. The smallest absolute Gasteiger partial charge is 0.345 e. The SMILES string of the molecule is COCC(C)NC(=O)C1=CC(c2ccc(F)cc2)=NS(=O)(=O)N1C. The predicted molar refractivity (Wildman–Crippen MR) is 87.2 cm³/mol. The van der Waals surface area contributed by atoms with Gasteiger partial charge in [0.05, 0.1) is 12.3 Å². The minimum absolute atomic E-state index is 0.0673. The van der Waals surface area contributed by atoms with Gasteiger partial charge in [-0.3, -0.25) is 4.79 Å². The maximum Gasteiger partial charge on any atom is 0.345 e. The maximum atomic E-state index is 13.0. The Morgan fingerprint density at radius 1 is 1.38 bits per heavy atom. The molecule has 1 N–H and O–H groups in total. The number of likely N-dealkylation sites (N-methyl/N-ethyl adjacent to an activating group) is 1. The van der Waals surface area contributed by atoms with Gasteiger partial charge in [-0.05, 0) is 37.3 Å². The van der Waals surface area contributed by atoms with Gasteiger partial charge in [0.25, 0.3) is 5.91 Å².